The first-order chi connectivity index (χ1) is 20.9. The molecule has 2 saturated heterocycles. The molecule has 0 radical (unpaired) electrons. The summed E-state index contributed by atoms with van der Waals surface area (Å²) < 4.78 is 5.90. The number of likely N-dealkylation sites (N-methyl/N-ethyl adjacent to an activating group) is 1. The summed E-state index contributed by atoms with van der Waals surface area (Å²) >= 11 is 1.52. The van der Waals surface area contributed by atoms with Gasteiger partial charge in [0.15, 0.2) is 11.7 Å². The van der Waals surface area contributed by atoms with Gasteiger partial charge >= 0.3 is 0 Å². The number of piperazine rings is 1. The number of hydrogen-bond donors (Lipinski definition) is 2. The van der Waals surface area contributed by atoms with E-state index in [2.05, 4.69) is 37.7 Å². The summed E-state index contributed by atoms with van der Waals surface area (Å²) in [5, 5.41) is 7.34. The van der Waals surface area contributed by atoms with E-state index in [1.807, 2.05) is 18.2 Å². The number of thiazole rings is 1. The number of nitrogens with zero attached hydrogens (tertiary/aromatic N) is 5. The van der Waals surface area contributed by atoms with E-state index in [0.29, 0.717) is 11.3 Å². The molecule has 222 valence electrons. The zero-order valence-corrected chi connectivity index (χ0v) is 24.4. The van der Waals surface area contributed by atoms with Crippen LogP contribution in [-0.2, 0) is 20.9 Å². The number of aromatic nitrogens is 1. The fourth-order valence-electron chi connectivity index (χ4n) is 5.48. The van der Waals surface area contributed by atoms with Crippen LogP contribution in [0.25, 0.3) is 11.1 Å². The SMILES string of the molecule is CN1CCN(c2ncc(/C=N/NC(=O)COc3ccccc3-c3cccc4c3CN(C3CCC(=O)NC3=O)C4=O)s2)CC1. The van der Waals surface area contributed by atoms with Gasteiger partial charge in [0.25, 0.3) is 11.8 Å². The summed E-state index contributed by atoms with van der Waals surface area (Å²) in [7, 11) is 2.11. The lowest BCUT2D eigenvalue weighted by Crippen LogP contribution is -2.52. The van der Waals surface area contributed by atoms with Gasteiger partial charge in [-0.3, -0.25) is 24.5 Å². The predicted molar refractivity (Wildman–Crippen MR) is 161 cm³/mol. The largest absolute Gasteiger partial charge is 0.483 e. The van der Waals surface area contributed by atoms with Crippen LogP contribution < -0.4 is 20.4 Å². The molecule has 2 N–H and O–H groups in total. The second-order valence-electron chi connectivity index (χ2n) is 10.6. The summed E-state index contributed by atoms with van der Waals surface area (Å²) in [5.41, 5.74) is 5.26. The van der Waals surface area contributed by atoms with Crippen molar-refractivity contribution in [2.24, 2.45) is 5.10 Å². The molecule has 3 aliphatic rings. The Kier molecular flexibility index (Phi) is 8.16. The number of rotatable bonds is 8. The molecule has 1 unspecified atom stereocenters. The number of ether oxygens (including phenoxy) is 1. The van der Waals surface area contributed by atoms with E-state index in [0.717, 1.165) is 52.9 Å². The van der Waals surface area contributed by atoms with Crippen LogP contribution in [-0.4, -0.2) is 90.5 Å². The molecule has 2 aromatic carbocycles. The molecule has 1 atom stereocenters. The Hall–Kier alpha value is -4.62. The Balaban J connectivity index is 1.09. The molecular weight excluding hydrogens is 570 g/mol. The van der Waals surface area contributed by atoms with Gasteiger partial charge in [0.05, 0.1) is 11.1 Å². The molecule has 4 heterocycles. The van der Waals surface area contributed by atoms with Crippen molar-refractivity contribution in [3.05, 3.63) is 64.7 Å². The van der Waals surface area contributed by atoms with Gasteiger partial charge in [0, 0.05) is 56.5 Å². The normalized spacial score (nSPS) is 19.1. The lowest BCUT2D eigenvalue weighted by Gasteiger charge is -2.32. The molecule has 0 saturated carbocycles. The molecule has 0 aliphatic carbocycles. The first-order valence-electron chi connectivity index (χ1n) is 14.1. The number of imide groups is 1. The zero-order valence-electron chi connectivity index (χ0n) is 23.6. The molecule has 0 spiro atoms. The third-order valence-corrected chi connectivity index (χ3v) is 8.78. The molecule has 2 fully saturated rings. The number of anilines is 1. The molecule has 13 heteroatoms. The smallest absolute Gasteiger partial charge is 0.277 e. The van der Waals surface area contributed by atoms with E-state index in [9.17, 15) is 19.2 Å². The Labute approximate surface area is 252 Å². The van der Waals surface area contributed by atoms with Gasteiger partial charge < -0.3 is 19.4 Å². The van der Waals surface area contributed by atoms with Crippen molar-refractivity contribution in [3.63, 3.8) is 0 Å². The third kappa shape index (κ3) is 6.13. The van der Waals surface area contributed by atoms with Gasteiger partial charge in [-0.25, -0.2) is 10.4 Å². The van der Waals surface area contributed by atoms with Crippen LogP contribution in [0.4, 0.5) is 5.13 Å². The van der Waals surface area contributed by atoms with Gasteiger partial charge in [0.1, 0.15) is 11.8 Å². The maximum Gasteiger partial charge on any atom is 0.277 e. The summed E-state index contributed by atoms with van der Waals surface area (Å²) in [6, 6.07) is 12.0. The highest BCUT2D eigenvalue weighted by Crippen LogP contribution is 2.38. The van der Waals surface area contributed by atoms with Crippen molar-refractivity contribution < 1.29 is 23.9 Å². The molecule has 3 aliphatic heterocycles. The van der Waals surface area contributed by atoms with Crippen molar-refractivity contribution in [1.29, 1.82) is 0 Å². The number of amides is 4. The number of fused-ring (bicyclic) bond motifs is 1. The molecule has 6 rings (SSSR count). The quantitative estimate of drug-likeness (QED) is 0.227. The van der Waals surface area contributed by atoms with Gasteiger partial charge in [-0.15, -0.1) is 0 Å². The fraction of sp³-hybridized carbons (Fsp3) is 0.333. The van der Waals surface area contributed by atoms with E-state index in [4.69, 9.17) is 4.74 Å². The molecule has 12 nitrogen and oxygen atoms in total. The minimum Gasteiger partial charge on any atom is -0.483 e. The van der Waals surface area contributed by atoms with Crippen molar-refractivity contribution in [1.82, 2.24) is 25.5 Å². The van der Waals surface area contributed by atoms with E-state index in [1.165, 1.54) is 16.2 Å². The van der Waals surface area contributed by atoms with Crippen molar-refractivity contribution in [2.75, 3.05) is 44.7 Å². The Bertz CT molecular complexity index is 1600. The number of nitrogens with one attached hydrogen (secondary N) is 2. The second-order valence-corrected chi connectivity index (χ2v) is 11.7. The summed E-state index contributed by atoms with van der Waals surface area (Å²) in [6.07, 6.45) is 3.79. The molecule has 1 aromatic heterocycles. The van der Waals surface area contributed by atoms with Crippen molar-refractivity contribution in [2.45, 2.75) is 25.4 Å². The van der Waals surface area contributed by atoms with E-state index >= 15 is 0 Å². The van der Waals surface area contributed by atoms with E-state index in [-0.39, 0.29) is 37.8 Å². The average molecular weight is 602 g/mol. The zero-order chi connectivity index (χ0) is 29.9. The van der Waals surface area contributed by atoms with Crippen LogP contribution in [0.5, 0.6) is 5.75 Å². The first-order valence-corrected chi connectivity index (χ1v) is 14.9. The van der Waals surface area contributed by atoms with E-state index < -0.39 is 17.9 Å². The molecule has 3 aromatic rings. The Morgan fingerprint density at radius 3 is 2.67 bits per heavy atom. The van der Waals surface area contributed by atoms with Gasteiger partial charge in [0.2, 0.25) is 11.8 Å². The monoisotopic (exact) mass is 601 g/mol. The third-order valence-electron chi connectivity index (χ3n) is 7.78. The maximum atomic E-state index is 13.3. The average Bonchev–Trinajstić information content (AvgIpc) is 3.61. The van der Waals surface area contributed by atoms with Crippen LogP contribution in [0.15, 0.2) is 53.8 Å². The second kappa shape index (κ2) is 12.3. The molecule has 4 amide bonds. The van der Waals surface area contributed by atoms with Crippen molar-refractivity contribution in [3.8, 4) is 16.9 Å². The maximum absolute atomic E-state index is 13.3. The Morgan fingerprint density at radius 2 is 1.86 bits per heavy atom. The van der Waals surface area contributed by atoms with Gasteiger partial charge in [-0.05, 0) is 36.7 Å². The predicted octanol–water partition coefficient (Wildman–Crippen LogP) is 1.85. The van der Waals surface area contributed by atoms with Gasteiger partial charge in [-0.2, -0.15) is 5.10 Å². The first kappa shape index (κ1) is 28.5. The number of para-hydroxylation sites is 1. The highest BCUT2D eigenvalue weighted by atomic mass is 32.1. The lowest BCUT2D eigenvalue weighted by molar-refractivity contribution is -0.137. The highest BCUT2D eigenvalue weighted by Gasteiger charge is 2.40. The topological polar surface area (TPSA) is 137 Å². The Morgan fingerprint density at radius 1 is 1.09 bits per heavy atom. The number of benzene rings is 2. The van der Waals surface area contributed by atoms with Crippen LogP contribution >= 0.6 is 11.3 Å². The fourth-order valence-corrected chi connectivity index (χ4v) is 6.32. The number of hydrogen-bond acceptors (Lipinski definition) is 10. The van der Waals surface area contributed by atoms with Gasteiger partial charge in [-0.1, -0.05) is 41.7 Å². The van der Waals surface area contributed by atoms with Crippen molar-refractivity contribution >= 4 is 46.3 Å². The van der Waals surface area contributed by atoms with E-state index in [1.54, 1.807) is 36.7 Å². The molecular formula is C30H31N7O5S. The highest BCUT2D eigenvalue weighted by molar-refractivity contribution is 7.17. The number of piperidine rings is 1. The van der Waals surface area contributed by atoms with Crippen LogP contribution in [0.2, 0.25) is 0 Å². The minimum absolute atomic E-state index is 0.189. The molecule has 0 bridgehead atoms. The summed E-state index contributed by atoms with van der Waals surface area (Å²) in [5.74, 6) is -0.986. The lowest BCUT2D eigenvalue weighted by atomic mass is 9.96. The number of hydrazone groups is 1. The summed E-state index contributed by atoms with van der Waals surface area (Å²) in [6.45, 7) is 3.81. The van der Waals surface area contributed by atoms with Crippen LogP contribution in [0.1, 0.15) is 33.6 Å². The number of carbonyl (C=O) groups is 4. The summed E-state index contributed by atoms with van der Waals surface area (Å²) in [4.78, 5) is 61.3. The number of carbonyl (C=O) groups excluding carboxylic acids is 4. The van der Waals surface area contributed by atoms with Crippen LogP contribution in [0.3, 0.4) is 0 Å². The molecule has 43 heavy (non-hydrogen) atoms. The standard InChI is InChI=1S/C30H31N7O5S/c1-35-11-13-36(14-12-35)30-31-15-19(43-30)16-32-34-27(39)18-42-25-8-3-2-5-21(25)20-6-4-7-22-23(20)17-37(29(22)41)24-9-10-26(38)33-28(24)40/h2-8,15-16,24H,9-14,17-18H2,1H3,(H,34,39)(H,33,38,40)/b32-16+. The van der Waals surface area contributed by atoms with Crippen LogP contribution in [0, 0.1) is 0 Å². The minimum atomic E-state index is -0.704.